The number of anilines is 1. The van der Waals surface area contributed by atoms with Crippen LogP contribution in [0.15, 0.2) is 54.7 Å². The predicted octanol–water partition coefficient (Wildman–Crippen LogP) is 2.95. The van der Waals surface area contributed by atoms with Crippen molar-refractivity contribution >= 4 is 16.7 Å². The average Bonchev–Trinajstić information content (AvgIpc) is 2.45. The molecule has 4 nitrogen and oxygen atoms in total. The van der Waals surface area contributed by atoms with Gasteiger partial charge in [0.05, 0.1) is 29.5 Å². The maximum atomic E-state index is 9.38. The Morgan fingerprint density at radius 2 is 1.84 bits per heavy atom. The summed E-state index contributed by atoms with van der Waals surface area (Å²) < 4.78 is 0. The molecule has 0 radical (unpaired) electrons. The van der Waals surface area contributed by atoms with Gasteiger partial charge >= 0.3 is 0 Å². The van der Waals surface area contributed by atoms with Crippen molar-refractivity contribution in [1.29, 1.82) is 0 Å². The van der Waals surface area contributed by atoms with E-state index in [0.29, 0.717) is 6.54 Å². The van der Waals surface area contributed by atoms with Crippen LogP contribution in [0.3, 0.4) is 0 Å². The Balaban J connectivity index is 1.78. The molecule has 1 aromatic heterocycles. The molecule has 0 atom stereocenters. The van der Waals surface area contributed by atoms with Crippen LogP contribution < -0.4 is 5.32 Å². The molecule has 0 spiro atoms. The lowest BCUT2D eigenvalue weighted by molar-refractivity contribution is 0.475. The second-order valence-corrected chi connectivity index (χ2v) is 4.25. The van der Waals surface area contributed by atoms with Crippen molar-refractivity contribution in [2.75, 3.05) is 5.32 Å². The van der Waals surface area contributed by atoms with E-state index in [9.17, 15) is 5.11 Å². The monoisotopic (exact) mass is 251 g/mol. The van der Waals surface area contributed by atoms with E-state index in [4.69, 9.17) is 0 Å². The molecule has 0 aliphatic rings. The lowest BCUT2D eigenvalue weighted by atomic mass is 10.3. The number of nitrogens with zero attached hydrogens (tertiary/aromatic N) is 2. The highest BCUT2D eigenvalue weighted by Crippen LogP contribution is 2.16. The van der Waals surface area contributed by atoms with Gasteiger partial charge in [-0.2, -0.15) is 0 Å². The molecule has 0 amide bonds. The Bertz CT molecular complexity index is 712. The number of aromatic hydroxyl groups is 1. The molecule has 2 aromatic carbocycles. The van der Waals surface area contributed by atoms with Crippen molar-refractivity contribution in [3.8, 4) is 5.75 Å². The fraction of sp³-hybridized carbons (Fsp3) is 0.0667. The second kappa shape index (κ2) is 4.94. The van der Waals surface area contributed by atoms with Crippen LogP contribution in [0.5, 0.6) is 5.75 Å². The number of phenolic OH excluding ortho intramolecular Hbond substituents is 1. The van der Waals surface area contributed by atoms with Gasteiger partial charge in [-0.25, -0.2) is 4.98 Å². The summed E-state index contributed by atoms with van der Waals surface area (Å²) in [6, 6.07) is 14.8. The van der Waals surface area contributed by atoms with E-state index in [1.807, 2.05) is 30.3 Å². The van der Waals surface area contributed by atoms with E-state index in [1.165, 1.54) is 0 Å². The molecule has 19 heavy (non-hydrogen) atoms. The number of phenols is 1. The number of benzene rings is 2. The molecule has 1 heterocycles. The minimum absolute atomic E-state index is 0.245. The van der Waals surface area contributed by atoms with Crippen molar-refractivity contribution in [3.05, 3.63) is 60.4 Å². The van der Waals surface area contributed by atoms with Gasteiger partial charge in [-0.05, 0) is 24.3 Å². The maximum Gasteiger partial charge on any atom is 0.117 e. The molecule has 3 rings (SSSR count). The van der Waals surface area contributed by atoms with Gasteiger partial charge in [0.1, 0.15) is 5.75 Å². The number of hydrogen-bond acceptors (Lipinski definition) is 4. The molecular weight excluding hydrogens is 238 g/mol. The topological polar surface area (TPSA) is 58.0 Å². The molecule has 0 fully saturated rings. The fourth-order valence-electron chi connectivity index (χ4n) is 1.89. The number of hydrogen-bond donors (Lipinski definition) is 2. The van der Waals surface area contributed by atoms with Crippen molar-refractivity contribution in [1.82, 2.24) is 9.97 Å². The van der Waals surface area contributed by atoms with Crippen molar-refractivity contribution in [3.63, 3.8) is 0 Å². The number of aromatic nitrogens is 2. The van der Waals surface area contributed by atoms with Gasteiger partial charge in [-0.15, -0.1) is 0 Å². The summed E-state index contributed by atoms with van der Waals surface area (Å²) in [5.74, 6) is 0.245. The predicted molar refractivity (Wildman–Crippen MR) is 75.0 cm³/mol. The van der Waals surface area contributed by atoms with Crippen LogP contribution in [0.1, 0.15) is 5.69 Å². The zero-order chi connectivity index (χ0) is 13.1. The molecule has 0 bridgehead atoms. The number of fused-ring (bicyclic) bond motifs is 1. The van der Waals surface area contributed by atoms with Crippen LogP contribution in [-0.4, -0.2) is 15.1 Å². The van der Waals surface area contributed by atoms with Crippen molar-refractivity contribution in [2.24, 2.45) is 0 Å². The summed E-state index contributed by atoms with van der Waals surface area (Å²) >= 11 is 0. The minimum Gasteiger partial charge on any atom is -0.508 e. The van der Waals surface area contributed by atoms with Gasteiger partial charge in [-0.1, -0.05) is 18.2 Å². The highest BCUT2D eigenvalue weighted by atomic mass is 16.3. The van der Waals surface area contributed by atoms with Crippen molar-refractivity contribution in [2.45, 2.75) is 6.54 Å². The molecule has 0 saturated heterocycles. The number of para-hydroxylation sites is 2. The summed E-state index contributed by atoms with van der Waals surface area (Å²) in [4.78, 5) is 8.88. The summed E-state index contributed by atoms with van der Waals surface area (Å²) in [5.41, 5.74) is 3.50. The molecular formula is C15H13N3O. The number of rotatable bonds is 3. The van der Waals surface area contributed by atoms with Crippen LogP contribution in [0, 0.1) is 0 Å². The third kappa shape index (κ3) is 2.63. The van der Waals surface area contributed by atoms with E-state index in [-0.39, 0.29) is 5.75 Å². The summed E-state index contributed by atoms with van der Waals surface area (Å²) in [7, 11) is 0. The molecule has 4 heteroatoms. The number of nitrogens with one attached hydrogen (secondary N) is 1. The first-order chi connectivity index (χ1) is 9.31. The van der Waals surface area contributed by atoms with Crippen LogP contribution in [0.2, 0.25) is 0 Å². The molecule has 0 aliphatic heterocycles. The SMILES string of the molecule is Oc1cccc(NCc2cnc3ccccc3n2)c1. The molecule has 0 saturated carbocycles. The van der Waals surface area contributed by atoms with E-state index >= 15 is 0 Å². The fourth-order valence-corrected chi connectivity index (χ4v) is 1.89. The quantitative estimate of drug-likeness (QED) is 0.751. The van der Waals surface area contributed by atoms with E-state index in [0.717, 1.165) is 22.4 Å². The van der Waals surface area contributed by atoms with Crippen LogP contribution in [0.25, 0.3) is 11.0 Å². The maximum absolute atomic E-state index is 9.38. The summed E-state index contributed by atoms with van der Waals surface area (Å²) in [6.45, 7) is 0.571. The Morgan fingerprint density at radius 3 is 2.68 bits per heavy atom. The lowest BCUT2D eigenvalue weighted by Crippen LogP contribution is -2.02. The van der Waals surface area contributed by atoms with Gasteiger partial charge in [-0.3, -0.25) is 4.98 Å². The van der Waals surface area contributed by atoms with Crippen LogP contribution in [-0.2, 0) is 6.54 Å². The highest BCUT2D eigenvalue weighted by molar-refractivity contribution is 5.73. The second-order valence-electron chi connectivity index (χ2n) is 4.25. The normalized spacial score (nSPS) is 10.5. The van der Waals surface area contributed by atoms with E-state index < -0.39 is 0 Å². The molecule has 0 unspecified atom stereocenters. The molecule has 2 N–H and O–H groups in total. The van der Waals surface area contributed by atoms with Crippen LogP contribution in [0.4, 0.5) is 5.69 Å². The van der Waals surface area contributed by atoms with Gasteiger partial charge in [0, 0.05) is 11.8 Å². The molecule has 0 aliphatic carbocycles. The lowest BCUT2D eigenvalue weighted by Gasteiger charge is -2.06. The van der Waals surface area contributed by atoms with Gasteiger partial charge in [0.2, 0.25) is 0 Å². The Morgan fingerprint density at radius 1 is 1.00 bits per heavy atom. The average molecular weight is 251 g/mol. The third-order valence-electron chi connectivity index (χ3n) is 2.82. The Hall–Kier alpha value is -2.62. The van der Waals surface area contributed by atoms with Crippen LogP contribution >= 0.6 is 0 Å². The van der Waals surface area contributed by atoms with E-state index in [2.05, 4.69) is 15.3 Å². The van der Waals surface area contributed by atoms with Gasteiger partial charge in [0.25, 0.3) is 0 Å². The first kappa shape index (κ1) is 11.5. The molecule has 94 valence electrons. The first-order valence-corrected chi connectivity index (χ1v) is 6.05. The molecule has 3 aromatic rings. The van der Waals surface area contributed by atoms with Crippen molar-refractivity contribution < 1.29 is 5.11 Å². The van der Waals surface area contributed by atoms with E-state index in [1.54, 1.807) is 24.4 Å². The standard InChI is InChI=1S/C15H13N3O/c19-13-5-3-4-11(8-13)16-9-12-10-17-14-6-1-2-7-15(14)18-12/h1-8,10,16,19H,9H2. The third-order valence-corrected chi connectivity index (χ3v) is 2.82. The van der Waals surface area contributed by atoms with Gasteiger partial charge in [0.15, 0.2) is 0 Å². The highest BCUT2D eigenvalue weighted by Gasteiger charge is 2.00. The Kier molecular flexibility index (Phi) is 2.98. The van der Waals surface area contributed by atoms with Gasteiger partial charge < -0.3 is 10.4 Å². The summed E-state index contributed by atoms with van der Waals surface area (Å²) in [5, 5.41) is 12.6. The minimum atomic E-state index is 0.245. The largest absolute Gasteiger partial charge is 0.508 e. The first-order valence-electron chi connectivity index (χ1n) is 6.05. The summed E-state index contributed by atoms with van der Waals surface area (Å²) in [6.07, 6.45) is 1.76. The zero-order valence-corrected chi connectivity index (χ0v) is 10.2. The smallest absolute Gasteiger partial charge is 0.117 e. The Labute approximate surface area is 110 Å². The zero-order valence-electron chi connectivity index (χ0n) is 10.2.